The van der Waals surface area contributed by atoms with Crippen LogP contribution in [0.4, 0.5) is 10.1 Å². The van der Waals surface area contributed by atoms with E-state index in [-0.39, 0.29) is 12.4 Å². The first kappa shape index (κ1) is 12.2. The van der Waals surface area contributed by atoms with E-state index in [9.17, 15) is 4.39 Å². The summed E-state index contributed by atoms with van der Waals surface area (Å²) in [5.74, 6) is -0.179. The summed E-state index contributed by atoms with van der Waals surface area (Å²) >= 11 is 0. The molecule has 0 radical (unpaired) electrons. The van der Waals surface area contributed by atoms with E-state index < -0.39 is 0 Å². The molecule has 1 heterocycles. The number of fused-ring (bicyclic) bond motifs is 1. The molecule has 2 aromatic rings. The Bertz CT molecular complexity index is 580. The van der Waals surface area contributed by atoms with E-state index in [1.54, 1.807) is 6.07 Å². The van der Waals surface area contributed by atoms with Crippen LogP contribution in [0.5, 0.6) is 0 Å². The summed E-state index contributed by atoms with van der Waals surface area (Å²) in [4.78, 5) is 2.20. The molecule has 0 fully saturated rings. The Balaban J connectivity index is 1.80. The van der Waals surface area contributed by atoms with Crippen molar-refractivity contribution in [1.82, 2.24) is 0 Å². The van der Waals surface area contributed by atoms with Crippen LogP contribution in [0, 0.1) is 5.82 Å². The summed E-state index contributed by atoms with van der Waals surface area (Å²) in [6.45, 7) is 1.78. The second kappa shape index (κ2) is 5.02. The predicted molar refractivity (Wildman–Crippen MR) is 73.5 cm³/mol. The van der Waals surface area contributed by atoms with E-state index in [0.29, 0.717) is 0 Å². The van der Waals surface area contributed by atoms with E-state index >= 15 is 0 Å². The number of anilines is 1. The minimum absolute atomic E-state index is 0.0675. The van der Waals surface area contributed by atoms with E-state index in [1.807, 2.05) is 30.3 Å². The fourth-order valence-corrected chi connectivity index (χ4v) is 2.55. The van der Waals surface area contributed by atoms with Crippen molar-refractivity contribution >= 4 is 5.69 Å². The summed E-state index contributed by atoms with van der Waals surface area (Å²) in [6.07, 6.45) is 0.977. The molecule has 3 heteroatoms. The van der Waals surface area contributed by atoms with Crippen molar-refractivity contribution in [3.8, 4) is 0 Å². The van der Waals surface area contributed by atoms with Gasteiger partial charge in [-0.25, -0.2) is 4.39 Å². The fraction of sp³-hybridized carbons (Fsp3) is 0.250. The lowest BCUT2D eigenvalue weighted by atomic mass is 10.1. The molecule has 0 saturated carbocycles. The van der Waals surface area contributed by atoms with Crippen molar-refractivity contribution in [1.29, 1.82) is 0 Å². The van der Waals surface area contributed by atoms with Crippen molar-refractivity contribution < 1.29 is 9.50 Å². The number of nitrogens with zero attached hydrogens (tertiary/aromatic N) is 1. The molecule has 0 bridgehead atoms. The third-order valence-electron chi connectivity index (χ3n) is 3.62. The Morgan fingerprint density at radius 2 is 1.79 bits per heavy atom. The van der Waals surface area contributed by atoms with Gasteiger partial charge in [0.05, 0.1) is 6.61 Å². The van der Waals surface area contributed by atoms with Gasteiger partial charge in [0.1, 0.15) is 5.82 Å². The Labute approximate surface area is 112 Å². The van der Waals surface area contributed by atoms with E-state index in [1.165, 1.54) is 17.2 Å². The molecule has 0 aliphatic carbocycles. The van der Waals surface area contributed by atoms with Gasteiger partial charge < -0.3 is 10.0 Å². The SMILES string of the molecule is OCc1ccc(CN2CCc3ccc(F)cc32)cc1. The van der Waals surface area contributed by atoms with Gasteiger partial charge in [-0.05, 0) is 35.2 Å². The lowest BCUT2D eigenvalue weighted by Gasteiger charge is -2.19. The van der Waals surface area contributed by atoms with Crippen LogP contribution in [0.2, 0.25) is 0 Å². The second-order valence-corrected chi connectivity index (χ2v) is 4.92. The molecular weight excluding hydrogens is 241 g/mol. The molecule has 2 nitrogen and oxygen atoms in total. The molecule has 1 N–H and O–H groups in total. The largest absolute Gasteiger partial charge is 0.392 e. The van der Waals surface area contributed by atoms with Gasteiger partial charge in [-0.15, -0.1) is 0 Å². The highest BCUT2D eigenvalue weighted by molar-refractivity contribution is 5.58. The maximum Gasteiger partial charge on any atom is 0.125 e. The number of aliphatic hydroxyl groups excluding tert-OH is 1. The Kier molecular flexibility index (Phi) is 3.22. The van der Waals surface area contributed by atoms with E-state index in [2.05, 4.69) is 4.90 Å². The second-order valence-electron chi connectivity index (χ2n) is 4.92. The van der Waals surface area contributed by atoms with Crippen molar-refractivity contribution in [3.63, 3.8) is 0 Å². The summed E-state index contributed by atoms with van der Waals surface area (Å²) < 4.78 is 13.3. The number of rotatable bonds is 3. The first-order chi connectivity index (χ1) is 9.26. The monoisotopic (exact) mass is 257 g/mol. The van der Waals surface area contributed by atoms with Crippen LogP contribution < -0.4 is 4.90 Å². The lowest BCUT2D eigenvalue weighted by molar-refractivity contribution is 0.282. The van der Waals surface area contributed by atoms with Crippen LogP contribution in [0.25, 0.3) is 0 Å². The molecule has 0 atom stereocenters. The van der Waals surface area contributed by atoms with E-state index in [0.717, 1.165) is 30.8 Å². The van der Waals surface area contributed by atoms with Crippen LogP contribution in [0.1, 0.15) is 16.7 Å². The number of halogens is 1. The molecule has 3 rings (SSSR count). The predicted octanol–water partition coefficient (Wildman–Crippen LogP) is 2.88. The van der Waals surface area contributed by atoms with Crippen molar-refractivity contribution in [2.75, 3.05) is 11.4 Å². The standard InChI is InChI=1S/C16H16FNO/c17-15-6-5-14-7-8-18(16(14)9-15)10-12-1-3-13(11-19)4-2-12/h1-6,9,19H,7-8,10-11H2. The summed E-state index contributed by atoms with van der Waals surface area (Å²) in [6, 6.07) is 12.9. The van der Waals surface area contributed by atoms with E-state index in [4.69, 9.17) is 5.11 Å². The first-order valence-electron chi connectivity index (χ1n) is 6.48. The van der Waals surface area contributed by atoms with Crippen LogP contribution in [0.15, 0.2) is 42.5 Å². The lowest BCUT2D eigenvalue weighted by Crippen LogP contribution is -2.19. The number of aliphatic hydroxyl groups is 1. The minimum atomic E-state index is -0.179. The maximum atomic E-state index is 13.3. The molecule has 19 heavy (non-hydrogen) atoms. The van der Waals surface area contributed by atoms with Crippen molar-refractivity contribution in [3.05, 3.63) is 65.0 Å². The molecule has 1 aliphatic rings. The van der Waals surface area contributed by atoms with Gasteiger partial charge in [0, 0.05) is 18.8 Å². The fourth-order valence-electron chi connectivity index (χ4n) is 2.55. The highest BCUT2D eigenvalue weighted by atomic mass is 19.1. The van der Waals surface area contributed by atoms with Crippen LogP contribution >= 0.6 is 0 Å². The summed E-state index contributed by atoms with van der Waals surface area (Å²) in [5, 5.41) is 9.02. The van der Waals surface area contributed by atoms with Crippen LogP contribution in [0.3, 0.4) is 0 Å². The molecule has 98 valence electrons. The highest BCUT2D eigenvalue weighted by Gasteiger charge is 2.19. The number of benzene rings is 2. The third kappa shape index (κ3) is 2.47. The van der Waals surface area contributed by atoms with Gasteiger partial charge in [0.2, 0.25) is 0 Å². The normalized spacial score (nSPS) is 13.7. The average molecular weight is 257 g/mol. The van der Waals surface area contributed by atoms with Gasteiger partial charge >= 0.3 is 0 Å². The molecule has 0 spiro atoms. The average Bonchev–Trinajstić information content (AvgIpc) is 2.82. The Morgan fingerprint density at radius 3 is 2.53 bits per heavy atom. The summed E-state index contributed by atoms with van der Waals surface area (Å²) in [5.41, 5.74) is 4.31. The summed E-state index contributed by atoms with van der Waals surface area (Å²) in [7, 11) is 0. The molecule has 0 saturated heterocycles. The van der Waals surface area contributed by atoms with Gasteiger partial charge in [-0.3, -0.25) is 0 Å². The number of hydrogen-bond donors (Lipinski definition) is 1. The third-order valence-corrected chi connectivity index (χ3v) is 3.62. The van der Waals surface area contributed by atoms with Crippen LogP contribution in [-0.4, -0.2) is 11.7 Å². The van der Waals surface area contributed by atoms with Gasteiger partial charge in [-0.1, -0.05) is 30.3 Å². The van der Waals surface area contributed by atoms with Gasteiger partial charge in [0.25, 0.3) is 0 Å². The smallest absolute Gasteiger partial charge is 0.125 e. The Hall–Kier alpha value is -1.87. The minimum Gasteiger partial charge on any atom is -0.392 e. The molecular formula is C16H16FNO. The Morgan fingerprint density at radius 1 is 1.05 bits per heavy atom. The molecule has 1 aliphatic heterocycles. The highest BCUT2D eigenvalue weighted by Crippen LogP contribution is 2.29. The van der Waals surface area contributed by atoms with Crippen LogP contribution in [-0.2, 0) is 19.6 Å². The first-order valence-corrected chi connectivity index (χ1v) is 6.48. The van der Waals surface area contributed by atoms with Crippen molar-refractivity contribution in [2.24, 2.45) is 0 Å². The quantitative estimate of drug-likeness (QED) is 0.914. The molecule has 2 aromatic carbocycles. The maximum absolute atomic E-state index is 13.3. The zero-order chi connectivity index (χ0) is 13.2. The molecule has 0 aromatic heterocycles. The van der Waals surface area contributed by atoms with Gasteiger partial charge in [-0.2, -0.15) is 0 Å². The zero-order valence-corrected chi connectivity index (χ0v) is 10.6. The van der Waals surface area contributed by atoms with Gasteiger partial charge in [0.15, 0.2) is 0 Å². The van der Waals surface area contributed by atoms with Crippen molar-refractivity contribution in [2.45, 2.75) is 19.6 Å². The topological polar surface area (TPSA) is 23.5 Å². The molecule has 0 unspecified atom stereocenters. The zero-order valence-electron chi connectivity index (χ0n) is 10.6. The molecule has 0 amide bonds. The number of hydrogen-bond acceptors (Lipinski definition) is 2.